The summed E-state index contributed by atoms with van der Waals surface area (Å²) >= 11 is 6.63. The molecule has 4 aromatic carbocycles. The van der Waals surface area contributed by atoms with Gasteiger partial charge in [-0.1, -0.05) is 74.0 Å². The van der Waals surface area contributed by atoms with Crippen molar-refractivity contribution in [2.45, 2.75) is 53.2 Å². The Labute approximate surface area is 323 Å². The molecule has 1 saturated heterocycles. The molecule has 6 rings (SSSR count). The zero-order chi connectivity index (χ0) is 38.0. The zero-order valence-electron chi connectivity index (χ0n) is 31.4. The van der Waals surface area contributed by atoms with Crippen molar-refractivity contribution < 1.29 is 23.4 Å². The number of aryl methyl sites for hydroxylation is 1. The Morgan fingerprint density at radius 1 is 0.889 bits per heavy atom. The van der Waals surface area contributed by atoms with Gasteiger partial charge in [-0.15, -0.1) is 0 Å². The van der Waals surface area contributed by atoms with Crippen LogP contribution < -0.4 is 14.2 Å². The third-order valence-corrected chi connectivity index (χ3v) is 9.96. The van der Waals surface area contributed by atoms with Crippen LogP contribution in [0.5, 0.6) is 23.1 Å². The van der Waals surface area contributed by atoms with Crippen molar-refractivity contribution in [1.29, 1.82) is 0 Å². The molecule has 7 nitrogen and oxygen atoms in total. The quantitative estimate of drug-likeness (QED) is 0.105. The van der Waals surface area contributed by atoms with Gasteiger partial charge >= 0.3 is 0 Å². The van der Waals surface area contributed by atoms with Crippen LogP contribution in [-0.4, -0.2) is 53.5 Å². The van der Waals surface area contributed by atoms with Crippen LogP contribution in [0.15, 0.2) is 103 Å². The molecule has 0 atom stereocenters. The van der Waals surface area contributed by atoms with Crippen molar-refractivity contribution in [3.05, 3.63) is 153 Å². The Balaban J connectivity index is 0.927. The van der Waals surface area contributed by atoms with Crippen LogP contribution >= 0.6 is 11.6 Å². The molecular weight excluding hydrogens is 701 g/mol. The van der Waals surface area contributed by atoms with Crippen LogP contribution in [-0.2, 0) is 24.4 Å². The fraction of sp³-hybridized carbons (Fsp3) is 0.289. The molecule has 1 aromatic heterocycles. The van der Waals surface area contributed by atoms with Gasteiger partial charge in [0.1, 0.15) is 23.9 Å². The van der Waals surface area contributed by atoms with Gasteiger partial charge in [0, 0.05) is 51.3 Å². The largest absolute Gasteiger partial charge is 0.493 e. The first-order valence-electron chi connectivity index (χ1n) is 18.4. The molecule has 0 unspecified atom stereocenters. The molecule has 5 aromatic rings. The van der Waals surface area contributed by atoms with Crippen LogP contribution in [0.25, 0.3) is 6.08 Å². The number of pyridine rings is 1. The highest BCUT2D eigenvalue weighted by atomic mass is 35.5. The van der Waals surface area contributed by atoms with Crippen LogP contribution in [0.3, 0.4) is 0 Å². The minimum Gasteiger partial charge on any atom is -0.493 e. The number of ether oxygens (including phenoxy) is 3. The highest BCUT2D eigenvalue weighted by Crippen LogP contribution is 2.34. The lowest BCUT2D eigenvalue weighted by molar-refractivity contribution is -0.127. The number of aromatic nitrogens is 1. The van der Waals surface area contributed by atoms with E-state index in [1.54, 1.807) is 49.5 Å². The first kappa shape index (κ1) is 38.5. The van der Waals surface area contributed by atoms with E-state index in [4.69, 9.17) is 25.8 Å². The first-order valence-corrected chi connectivity index (χ1v) is 18.8. The van der Waals surface area contributed by atoms with Crippen molar-refractivity contribution in [2.75, 3.05) is 32.8 Å². The van der Waals surface area contributed by atoms with E-state index < -0.39 is 0 Å². The summed E-state index contributed by atoms with van der Waals surface area (Å²) in [5, 5.41) is 0.410. The van der Waals surface area contributed by atoms with E-state index in [0.717, 1.165) is 48.5 Å². The number of amides is 1. The molecule has 0 saturated carbocycles. The van der Waals surface area contributed by atoms with Crippen molar-refractivity contribution in [1.82, 2.24) is 14.8 Å². The van der Waals surface area contributed by atoms with Gasteiger partial charge in [0.05, 0.1) is 17.8 Å². The summed E-state index contributed by atoms with van der Waals surface area (Å²) in [5.41, 5.74) is 6.77. The Morgan fingerprint density at radius 3 is 2.30 bits per heavy atom. The summed E-state index contributed by atoms with van der Waals surface area (Å²) in [6, 6.07) is 29.2. The fourth-order valence-electron chi connectivity index (χ4n) is 6.27. The van der Waals surface area contributed by atoms with Gasteiger partial charge in [-0.05, 0) is 101 Å². The first-order chi connectivity index (χ1) is 26.1. The van der Waals surface area contributed by atoms with Crippen molar-refractivity contribution in [3.63, 3.8) is 0 Å². The van der Waals surface area contributed by atoms with E-state index in [9.17, 15) is 9.18 Å². The predicted molar refractivity (Wildman–Crippen MR) is 213 cm³/mol. The molecule has 0 spiro atoms. The SMILES string of the molecule is Cc1cc(C=CC(=O)N2CCN(Cc3ccc(CCOc4ccc(C(C)C)cc4)cc3)CC2)cc(Cl)c1Oc1ccc(OCc2cccc(F)c2C)cn1. The second kappa shape index (κ2) is 18.2. The molecule has 1 amide bonds. The standard InChI is InChI=1S/C45H47ClFN3O4/c1-31(2)37-13-15-39(16-14-37)52-25-20-34-8-10-35(11-9-34)29-49-21-23-50(24-22-49)44(51)19-12-36-26-32(3)45(41(46)27-36)54-43-18-17-40(28-48-43)53-30-38-6-5-7-42(47)33(38)4/h5-19,26-28,31H,20-25,29-30H2,1-4H3. The normalized spacial score (nSPS) is 13.4. The highest BCUT2D eigenvalue weighted by molar-refractivity contribution is 6.32. The smallest absolute Gasteiger partial charge is 0.246 e. The summed E-state index contributed by atoms with van der Waals surface area (Å²) in [7, 11) is 0. The van der Waals surface area contributed by atoms with Gasteiger partial charge in [0.2, 0.25) is 11.8 Å². The average molecular weight is 748 g/mol. The van der Waals surface area contributed by atoms with Crippen LogP contribution in [0.4, 0.5) is 4.39 Å². The van der Waals surface area contributed by atoms with Crippen LogP contribution in [0.1, 0.15) is 58.7 Å². The number of benzene rings is 4. The van der Waals surface area contributed by atoms with Gasteiger partial charge in [-0.3, -0.25) is 9.69 Å². The maximum atomic E-state index is 13.8. The van der Waals surface area contributed by atoms with Gasteiger partial charge in [0.15, 0.2) is 5.75 Å². The Hall–Kier alpha value is -5.18. The Bertz CT molecular complexity index is 2020. The number of hydrogen-bond acceptors (Lipinski definition) is 6. The summed E-state index contributed by atoms with van der Waals surface area (Å²) in [6.07, 6.45) is 5.81. The molecular formula is C45H47ClFN3O4. The number of carbonyl (C=O) groups is 1. The van der Waals surface area contributed by atoms with E-state index in [2.05, 4.69) is 60.1 Å². The highest BCUT2D eigenvalue weighted by Gasteiger charge is 2.20. The second-order valence-corrected chi connectivity index (χ2v) is 14.4. The molecule has 0 radical (unpaired) electrons. The van der Waals surface area contributed by atoms with Gasteiger partial charge in [0.25, 0.3) is 0 Å². The Morgan fingerprint density at radius 2 is 1.61 bits per heavy atom. The number of halogens is 2. The van der Waals surface area contributed by atoms with E-state index in [0.29, 0.717) is 53.6 Å². The molecule has 280 valence electrons. The molecule has 0 N–H and O–H groups in total. The minimum atomic E-state index is -0.261. The van der Waals surface area contributed by atoms with Gasteiger partial charge in [-0.2, -0.15) is 0 Å². The van der Waals surface area contributed by atoms with E-state index in [-0.39, 0.29) is 18.3 Å². The maximum Gasteiger partial charge on any atom is 0.246 e. The molecule has 2 heterocycles. The number of rotatable bonds is 14. The molecule has 9 heteroatoms. The van der Waals surface area contributed by atoms with Crippen LogP contribution in [0, 0.1) is 19.7 Å². The fourth-order valence-corrected chi connectivity index (χ4v) is 6.59. The van der Waals surface area contributed by atoms with Crippen molar-refractivity contribution in [2.24, 2.45) is 0 Å². The summed E-state index contributed by atoms with van der Waals surface area (Å²) < 4.78 is 31.6. The maximum absolute atomic E-state index is 13.8. The molecule has 54 heavy (non-hydrogen) atoms. The number of nitrogens with zero attached hydrogens (tertiary/aromatic N) is 3. The predicted octanol–water partition coefficient (Wildman–Crippen LogP) is 9.96. The molecule has 1 aliphatic heterocycles. The second-order valence-electron chi connectivity index (χ2n) is 14.0. The lowest BCUT2D eigenvalue weighted by Gasteiger charge is -2.34. The van der Waals surface area contributed by atoms with E-state index >= 15 is 0 Å². The average Bonchev–Trinajstić information content (AvgIpc) is 3.17. The van der Waals surface area contributed by atoms with Gasteiger partial charge < -0.3 is 19.1 Å². The summed E-state index contributed by atoms with van der Waals surface area (Å²) in [4.78, 5) is 21.7. The van der Waals surface area contributed by atoms with Crippen molar-refractivity contribution >= 4 is 23.6 Å². The minimum absolute atomic E-state index is 0.0229. The lowest BCUT2D eigenvalue weighted by Crippen LogP contribution is -2.47. The van der Waals surface area contributed by atoms with Gasteiger partial charge in [-0.25, -0.2) is 9.37 Å². The number of hydrogen-bond donors (Lipinski definition) is 0. The summed E-state index contributed by atoms with van der Waals surface area (Å²) in [6.45, 7) is 12.7. The molecule has 1 fully saturated rings. The molecule has 0 aliphatic carbocycles. The zero-order valence-corrected chi connectivity index (χ0v) is 32.1. The third-order valence-electron chi connectivity index (χ3n) is 9.68. The van der Waals surface area contributed by atoms with E-state index in [1.807, 2.05) is 36.1 Å². The van der Waals surface area contributed by atoms with Crippen molar-refractivity contribution in [3.8, 4) is 23.1 Å². The van der Waals surface area contributed by atoms with E-state index in [1.165, 1.54) is 22.8 Å². The summed E-state index contributed by atoms with van der Waals surface area (Å²) in [5.74, 6) is 2.51. The lowest BCUT2D eigenvalue weighted by atomic mass is 10.0. The molecule has 1 aliphatic rings. The topological polar surface area (TPSA) is 64.1 Å². The molecule has 0 bridgehead atoms. The third kappa shape index (κ3) is 10.5. The Kier molecular flexibility index (Phi) is 13.0. The number of carbonyl (C=O) groups excluding carboxylic acids is 1. The monoisotopic (exact) mass is 747 g/mol. The number of piperazine rings is 1. The van der Waals surface area contributed by atoms with Crippen LogP contribution in [0.2, 0.25) is 5.02 Å².